The first kappa shape index (κ1) is 29.9. The van der Waals surface area contributed by atoms with Crippen molar-refractivity contribution in [2.45, 2.75) is 65.6 Å². The molecule has 0 aromatic heterocycles. The first-order valence-electron chi connectivity index (χ1n) is 11.9. The lowest BCUT2D eigenvalue weighted by Crippen LogP contribution is -2.49. The summed E-state index contributed by atoms with van der Waals surface area (Å²) in [4.78, 5) is 27.7. The maximum absolute atomic E-state index is 13.3. The van der Waals surface area contributed by atoms with Crippen LogP contribution in [0.2, 0.25) is 10.0 Å². The van der Waals surface area contributed by atoms with E-state index in [-0.39, 0.29) is 54.5 Å². The molecule has 2 rings (SSSR count). The second-order valence-electron chi connectivity index (χ2n) is 9.04. The highest BCUT2D eigenvalue weighted by atomic mass is 35.5. The summed E-state index contributed by atoms with van der Waals surface area (Å²) in [6, 6.07) is 11.7. The van der Waals surface area contributed by atoms with Crippen LogP contribution in [0.4, 0.5) is 5.69 Å². The zero-order valence-electron chi connectivity index (χ0n) is 21.4. The number of aryl methyl sites for hydroxylation is 1. The topological polar surface area (TPSA) is 86.8 Å². The van der Waals surface area contributed by atoms with Crippen molar-refractivity contribution in [1.29, 1.82) is 0 Å². The van der Waals surface area contributed by atoms with E-state index in [0.717, 1.165) is 28.1 Å². The van der Waals surface area contributed by atoms with Crippen molar-refractivity contribution >= 4 is 50.7 Å². The molecule has 0 radical (unpaired) electrons. The summed E-state index contributed by atoms with van der Waals surface area (Å²) in [6.07, 6.45) is 2.14. The van der Waals surface area contributed by atoms with Crippen LogP contribution >= 0.6 is 23.2 Å². The number of anilines is 1. The van der Waals surface area contributed by atoms with Gasteiger partial charge in [0.05, 0.1) is 17.0 Å². The van der Waals surface area contributed by atoms with E-state index in [0.29, 0.717) is 5.02 Å². The van der Waals surface area contributed by atoms with Crippen LogP contribution in [0.1, 0.15) is 51.2 Å². The van der Waals surface area contributed by atoms with Gasteiger partial charge >= 0.3 is 0 Å². The Labute approximate surface area is 224 Å². The Balaban J connectivity index is 2.20. The molecule has 0 aliphatic heterocycles. The minimum Gasteiger partial charge on any atom is -0.352 e. The molecule has 1 N–H and O–H groups in total. The van der Waals surface area contributed by atoms with Crippen molar-refractivity contribution in [3.05, 3.63) is 63.6 Å². The van der Waals surface area contributed by atoms with E-state index in [1.165, 1.54) is 12.1 Å². The Hall–Kier alpha value is -2.29. The highest BCUT2D eigenvalue weighted by Crippen LogP contribution is 2.31. The average Bonchev–Trinajstić information content (AvgIpc) is 2.81. The van der Waals surface area contributed by atoms with Crippen molar-refractivity contribution < 1.29 is 18.0 Å². The van der Waals surface area contributed by atoms with Crippen LogP contribution in [0, 0.1) is 6.92 Å². The number of nitrogens with one attached hydrogen (secondary N) is 1. The number of hydrogen-bond donors (Lipinski definition) is 1. The molecule has 198 valence electrons. The number of hydrogen-bond acceptors (Lipinski definition) is 4. The molecule has 0 spiro atoms. The molecule has 0 saturated carbocycles. The quantitative estimate of drug-likeness (QED) is 0.391. The van der Waals surface area contributed by atoms with Gasteiger partial charge in [0.15, 0.2) is 0 Å². The van der Waals surface area contributed by atoms with Gasteiger partial charge in [-0.3, -0.25) is 13.9 Å². The van der Waals surface area contributed by atoms with E-state index in [1.807, 2.05) is 45.0 Å². The van der Waals surface area contributed by atoms with Crippen molar-refractivity contribution in [2.24, 2.45) is 0 Å². The van der Waals surface area contributed by atoms with Gasteiger partial charge in [0.2, 0.25) is 21.8 Å². The molecule has 0 aliphatic rings. The van der Waals surface area contributed by atoms with Crippen LogP contribution in [0.25, 0.3) is 0 Å². The van der Waals surface area contributed by atoms with E-state index in [1.54, 1.807) is 17.9 Å². The zero-order valence-corrected chi connectivity index (χ0v) is 23.8. The van der Waals surface area contributed by atoms with Gasteiger partial charge < -0.3 is 10.2 Å². The molecule has 0 bridgehead atoms. The van der Waals surface area contributed by atoms with Gasteiger partial charge in [-0.25, -0.2) is 8.42 Å². The molecule has 7 nitrogen and oxygen atoms in total. The fourth-order valence-corrected chi connectivity index (χ4v) is 5.00. The summed E-state index contributed by atoms with van der Waals surface area (Å²) in [5.74, 6) is -0.471. The summed E-state index contributed by atoms with van der Waals surface area (Å²) in [6.45, 7) is 7.88. The Morgan fingerprint density at radius 1 is 1.06 bits per heavy atom. The highest BCUT2D eigenvalue weighted by molar-refractivity contribution is 7.92. The molecule has 0 saturated heterocycles. The largest absolute Gasteiger partial charge is 0.352 e. The third-order valence-electron chi connectivity index (χ3n) is 5.97. The van der Waals surface area contributed by atoms with E-state index in [4.69, 9.17) is 23.2 Å². The normalized spacial score (nSPS) is 13.1. The molecule has 36 heavy (non-hydrogen) atoms. The van der Waals surface area contributed by atoms with Crippen LogP contribution in [0.5, 0.6) is 0 Å². The Morgan fingerprint density at radius 2 is 1.69 bits per heavy atom. The minimum atomic E-state index is -3.67. The number of rotatable bonds is 12. The lowest BCUT2D eigenvalue weighted by atomic mass is 10.1. The van der Waals surface area contributed by atoms with Gasteiger partial charge in [-0.2, -0.15) is 0 Å². The van der Waals surface area contributed by atoms with Crippen LogP contribution < -0.4 is 9.62 Å². The second-order valence-corrected chi connectivity index (χ2v) is 11.8. The predicted octanol–water partition coefficient (Wildman–Crippen LogP) is 5.18. The standard InChI is InChI=1S/C26H35Cl2N3O4S/c1-6-19(3)29-26(33)20(4)30(17-21-11-9-18(2)10-12-21)25(32)8-7-15-31(36(5,34)35)24-16-22(27)13-14-23(24)28/h9-14,16,19-20H,6-8,15,17H2,1-5H3,(H,29,33)/t19-,20-/m1/s1. The molecule has 0 unspecified atom stereocenters. The summed E-state index contributed by atoms with van der Waals surface area (Å²) in [5.41, 5.74) is 2.26. The van der Waals surface area contributed by atoms with Gasteiger partial charge in [-0.05, 0) is 57.4 Å². The van der Waals surface area contributed by atoms with Crippen LogP contribution in [-0.4, -0.2) is 50.0 Å². The molecule has 2 amide bonds. The molecule has 2 aromatic carbocycles. The Kier molecular flexibility index (Phi) is 11.1. The van der Waals surface area contributed by atoms with E-state index < -0.39 is 16.1 Å². The zero-order chi connectivity index (χ0) is 27.0. The van der Waals surface area contributed by atoms with E-state index in [2.05, 4.69) is 5.32 Å². The molecule has 2 atom stereocenters. The summed E-state index contributed by atoms with van der Waals surface area (Å²) >= 11 is 12.3. The molecule has 10 heteroatoms. The van der Waals surface area contributed by atoms with Crippen molar-refractivity contribution in [2.75, 3.05) is 17.1 Å². The van der Waals surface area contributed by atoms with Crippen molar-refractivity contribution in [3.8, 4) is 0 Å². The van der Waals surface area contributed by atoms with Crippen molar-refractivity contribution in [1.82, 2.24) is 10.2 Å². The number of carbonyl (C=O) groups is 2. The van der Waals surface area contributed by atoms with Crippen LogP contribution in [-0.2, 0) is 26.2 Å². The van der Waals surface area contributed by atoms with Gasteiger partial charge in [0.25, 0.3) is 0 Å². The maximum Gasteiger partial charge on any atom is 0.242 e. The fourth-order valence-electron chi connectivity index (χ4n) is 3.60. The second kappa shape index (κ2) is 13.3. The maximum atomic E-state index is 13.3. The summed E-state index contributed by atoms with van der Waals surface area (Å²) in [7, 11) is -3.67. The number of halogens is 2. The first-order chi connectivity index (χ1) is 16.8. The third-order valence-corrected chi connectivity index (χ3v) is 7.71. The predicted molar refractivity (Wildman–Crippen MR) is 147 cm³/mol. The fraction of sp³-hybridized carbons (Fsp3) is 0.462. The number of carbonyl (C=O) groups excluding carboxylic acids is 2. The average molecular weight is 557 g/mol. The van der Waals surface area contributed by atoms with Gasteiger partial charge in [0.1, 0.15) is 6.04 Å². The van der Waals surface area contributed by atoms with Gasteiger partial charge in [0, 0.05) is 30.6 Å². The van der Waals surface area contributed by atoms with Crippen molar-refractivity contribution in [3.63, 3.8) is 0 Å². The van der Waals surface area contributed by atoms with Crippen LogP contribution in [0.15, 0.2) is 42.5 Å². The van der Waals surface area contributed by atoms with Gasteiger partial charge in [-0.1, -0.05) is 60.0 Å². The summed E-state index contributed by atoms with van der Waals surface area (Å²) in [5, 5.41) is 3.53. The molecular weight excluding hydrogens is 521 g/mol. The number of benzene rings is 2. The molecular formula is C26H35Cl2N3O4S. The third kappa shape index (κ3) is 8.68. The summed E-state index contributed by atoms with van der Waals surface area (Å²) < 4.78 is 26.1. The monoisotopic (exact) mass is 555 g/mol. The van der Waals surface area contributed by atoms with Gasteiger partial charge in [-0.15, -0.1) is 0 Å². The highest BCUT2D eigenvalue weighted by Gasteiger charge is 2.27. The van der Waals surface area contributed by atoms with E-state index >= 15 is 0 Å². The Bertz CT molecular complexity index is 1160. The molecule has 0 aliphatic carbocycles. The SMILES string of the molecule is CC[C@@H](C)NC(=O)[C@@H](C)N(Cc1ccc(C)cc1)C(=O)CCCN(c1cc(Cl)ccc1Cl)S(C)(=O)=O. The molecule has 0 fully saturated rings. The smallest absolute Gasteiger partial charge is 0.242 e. The number of amides is 2. The molecule has 0 heterocycles. The molecule has 2 aromatic rings. The lowest BCUT2D eigenvalue weighted by molar-refractivity contribution is -0.140. The van der Waals surface area contributed by atoms with Crippen LogP contribution in [0.3, 0.4) is 0 Å². The minimum absolute atomic E-state index is 0.0120. The first-order valence-corrected chi connectivity index (χ1v) is 14.5. The Morgan fingerprint density at radius 3 is 2.28 bits per heavy atom. The number of nitrogens with zero attached hydrogens (tertiary/aromatic N) is 2. The lowest BCUT2D eigenvalue weighted by Gasteiger charge is -2.30. The van der Waals surface area contributed by atoms with E-state index in [9.17, 15) is 18.0 Å². The number of sulfonamides is 1.